The number of carboxylic acids is 1. The Balaban J connectivity index is 1.97. The summed E-state index contributed by atoms with van der Waals surface area (Å²) in [6, 6.07) is 6.29. The number of nitrogens with one attached hydrogen (secondary N) is 1. The maximum Gasteiger partial charge on any atom is 0.308 e. The van der Waals surface area contributed by atoms with Gasteiger partial charge in [0.25, 0.3) is 5.91 Å². The molecule has 110 valence electrons. The number of carboxylic acid groups (broad SMARTS) is 1. The Morgan fingerprint density at radius 2 is 2.05 bits per heavy atom. The molecule has 1 aromatic carbocycles. The van der Waals surface area contributed by atoms with E-state index in [0.29, 0.717) is 24.2 Å². The second-order valence-electron chi connectivity index (χ2n) is 4.97. The Kier molecular flexibility index (Phi) is 4.83. The summed E-state index contributed by atoms with van der Waals surface area (Å²) in [7, 11) is 0. The van der Waals surface area contributed by atoms with Gasteiger partial charge in [-0.05, 0) is 37.1 Å². The predicted molar refractivity (Wildman–Crippen MR) is 77.0 cm³/mol. The number of amides is 1. The third-order valence-corrected chi connectivity index (χ3v) is 3.59. The minimum atomic E-state index is -0.851. The highest BCUT2D eigenvalue weighted by Crippen LogP contribution is 2.26. The Morgan fingerprint density at radius 1 is 1.33 bits per heavy atom. The molecule has 1 saturated carbocycles. The van der Waals surface area contributed by atoms with E-state index in [9.17, 15) is 9.59 Å². The normalized spacial score (nSPS) is 20.5. The van der Waals surface area contributed by atoms with Crippen LogP contribution in [0.25, 0.3) is 0 Å². The fourth-order valence-electron chi connectivity index (χ4n) is 2.51. The largest absolute Gasteiger partial charge is 0.481 e. The maximum atomic E-state index is 12.1. The van der Waals surface area contributed by atoms with Gasteiger partial charge in [0.15, 0.2) is 0 Å². The van der Waals surface area contributed by atoms with Gasteiger partial charge in [-0.3, -0.25) is 9.59 Å². The monoisotopic (exact) mass is 287 g/mol. The molecule has 0 spiro atoms. The van der Waals surface area contributed by atoms with E-state index in [2.05, 4.69) is 11.2 Å². The molecule has 1 aliphatic carbocycles. The number of rotatable bonds is 5. The smallest absolute Gasteiger partial charge is 0.308 e. The van der Waals surface area contributed by atoms with E-state index >= 15 is 0 Å². The van der Waals surface area contributed by atoms with Gasteiger partial charge in [0.05, 0.1) is 5.92 Å². The third-order valence-electron chi connectivity index (χ3n) is 3.59. The van der Waals surface area contributed by atoms with E-state index < -0.39 is 11.9 Å². The SMILES string of the molecule is C#CCOc1ccc(C(=O)N[C@H]2CCC[C@H]2C(=O)O)cc1. The molecule has 2 atom stereocenters. The van der Waals surface area contributed by atoms with E-state index in [0.717, 1.165) is 6.42 Å². The van der Waals surface area contributed by atoms with Crippen molar-refractivity contribution in [1.82, 2.24) is 5.32 Å². The molecule has 0 saturated heterocycles. The summed E-state index contributed by atoms with van der Waals surface area (Å²) in [5.74, 6) is 1.34. The summed E-state index contributed by atoms with van der Waals surface area (Å²) in [5.41, 5.74) is 0.471. The van der Waals surface area contributed by atoms with Crippen molar-refractivity contribution in [2.45, 2.75) is 25.3 Å². The molecule has 1 aliphatic rings. The van der Waals surface area contributed by atoms with Crippen molar-refractivity contribution in [3.05, 3.63) is 29.8 Å². The van der Waals surface area contributed by atoms with Crippen molar-refractivity contribution in [2.75, 3.05) is 6.61 Å². The molecule has 0 bridgehead atoms. The van der Waals surface area contributed by atoms with Crippen molar-refractivity contribution in [3.63, 3.8) is 0 Å². The van der Waals surface area contributed by atoms with Gasteiger partial charge in [-0.2, -0.15) is 0 Å². The van der Waals surface area contributed by atoms with E-state index in [1.165, 1.54) is 0 Å². The minimum absolute atomic E-state index is 0.175. The molecule has 0 radical (unpaired) electrons. The number of aliphatic carboxylic acids is 1. The minimum Gasteiger partial charge on any atom is -0.481 e. The lowest BCUT2D eigenvalue weighted by molar-refractivity contribution is -0.142. The van der Waals surface area contributed by atoms with E-state index in [1.54, 1.807) is 24.3 Å². The Bertz CT molecular complexity index is 559. The first kappa shape index (κ1) is 14.9. The molecule has 0 aliphatic heterocycles. The summed E-state index contributed by atoms with van der Waals surface area (Å²) in [6.07, 6.45) is 7.23. The van der Waals surface area contributed by atoms with Gasteiger partial charge in [-0.15, -0.1) is 6.42 Å². The molecule has 2 rings (SSSR count). The zero-order valence-electron chi connectivity index (χ0n) is 11.5. The van der Waals surface area contributed by atoms with E-state index in [1.807, 2.05) is 0 Å². The number of benzene rings is 1. The molecule has 0 aromatic heterocycles. The summed E-state index contributed by atoms with van der Waals surface area (Å²) >= 11 is 0. The lowest BCUT2D eigenvalue weighted by atomic mass is 10.0. The number of carbonyl (C=O) groups excluding carboxylic acids is 1. The molecule has 0 unspecified atom stereocenters. The molecule has 5 heteroatoms. The summed E-state index contributed by atoms with van der Waals surface area (Å²) in [4.78, 5) is 23.2. The first-order valence-corrected chi connectivity index (χ1v) is 6.82. The van der Waals surface area contributed by atoms with Gasteiger partial charge in [-0.1, -0.05) is 12.3 Å². The summed E-state index contributed by atoms with van der Waals surface area (Å²) in [6.45, 7) is 0.175. The van der Waals surface area contributed by atoms with Gasteiger partial charge >= 0.3 is 5.97 Å². The van der Waals surface area contributed by atoms with Crippen LogP contribution in [0, 0.1) is 18.3 Å². The van der Waals surface area contributed by atoms with Crippen LogP contribution in [0.4, 0.5) is 0 Å². The standard InChI is InChI=1S/C16H17NO4/c1-2-10-21-12-8-6-11(7-9-12)15(18)17-14-5-3-4-13(14)16(19)20/h1,6-9,13-14H,3-5,10H2,(H,17,18)(H,19,20)/t13-,14+/m1/s1. The summed E-state index contributed by atoms with van der Waals surface area (Å²) < 4.78 is 5.23. The number of ether oxygens (including phenoxy) is 1. The molecule has 21 heavy (non-hydrogen) atoms. The molecule has 5 nitrogen and oxygen atoms in total. The fraction of sp³-hybridized carbons (Fsp3) is 0.375. The topological polar surface area (TPSA) is 75.6 Å². The van der Waals surface area contributed by atoms with Crippen LogP contribution >= 0.6 is 0 Å². The Labute approximate surface area is 123 Å². The molecular weight excluding hydrogens is 270 g/mol. The number of hydrogen-bond donors (Lipinski definition) is 2. The highest BCUT2D eigenvalue weighted by Gasteiger charge is 2.33. The molecule has 0 heterocycles. The number of carbonyl (C=O) groups is 2. The second kappa shape index (κ2) is 6.80. The highest BCUT2D eigenvalue weighted by molar-refractivity contribution is 5.94. The van der Waals surface area contributed by atoms with Crippen LogP contribution < -0.4 is 10.1 Å². The first-order valence-electron chi connectivity index (χ1n) is 6.82. The van der Waals surface area contributed by atoms with Gasteiger partial charge in [0.1, 0.15) is 12.4 Å². The van der Waals surface area contributed by atoms with Crippen LogP contribution in [0.2, 0.25) is 0 Å². The van der Waals surface area contributed by atoms with Crippen LogP contribution in [0.1, 0.15) is 29.6 Å². The van der Waals surface area contributed by atoms with Gasteiger partial charge < -0.3 is 15.2 Å². The van der Waals surface area contributed by atoms with Crippen LogP contribution in [0.5, 0.6) is 5.75 Å². The predicted octanol–water partition coefficient (Wildman–Crippen LogP) is 1.68. The molecule has 2 N–H and O–H groups in total. The maximum absolute atomic E-state index is 12.1. The van der Waals surface area contributed by atoms with Crippen molar-refractivity contribution in [3.8, 4) is 18.1 Å². The Hall–Kier alpha value is -2.48. The summed E-state index contributed by atoms with van der Waals surface area (Å²) in [5, 5.41) is 11.9. The van der Waals surface area contributed by atoms with Crippen molar-refractivity contribution >= 4 is 11.9 Å². The number of hydrogen-bond acceptors (Lipinski definition) is 3. The van der Waals surface area contributed by atoms with Gasteiger partial charge in [-0.25, -0.2) is 0 Å². The van der Waals surface area contributed by atoms with Crippen LogP contribution in [-0.4, -0.2) is 29.6 Å². The zero-order chi connectivity index (χ0) is 15.2. The molecule has 1 amide bonds. The van der Waals surface area contributed by atoms with Crippen molar-refractivity contribution < 1.29 is 19.4 Å². The van der Waals surface area contributed by atoms with Gasteiger partial charge in [0.2, 0.25) is 0 Å². The quantitative estimate of drug-likeness (QED) is 0.808. The lowest BCUT2D eigenvalue weighted by Crippen LogP contribution is -2.40. The van der Waals surface area contributed by atoms with Crippen LogP contribution in [0.3, 0.4) is 0 Å². The molecule has 1 aromatic rings. The van der Waals surface area contributed by atoms with E-state index in [-0.39, 0.29) is 18.6 Å². The lowest BCUT2D eigenvalue weighted by Gasteiger charge is -2.17. The average Bonchev–Trinajstić information content (AvgIpc) is 2.94. The second-order valence-corrected chi connectivity index (χ2v) is 4.97. The van der Waals surface area contributed by atoms with Crippen LogP contribution in [0.15, 0.2) is 24.3 Å². The number of terminal acetylenes is 1. The first-order chi connectivity index (χ1) is 10.1. The molecular formula is C16H17NO4. The zero-order valence-corrected chi connectivity index (χ0v) is 11.5. The van der Waals surface area contributed by atoms with Crippen LogP contribution in [-0.2, 0) is 4.79 Å². The van der Waals surface area contributed by atoms with Crippen molar-refractivity contribution in [1.29, 1.82) is 0 Å². The average molecular weight is 287 g/mol. The Morgan fingerprint density at radius 3 is 2.67 bits per heavy atom. The third kappa shape index (κ3) is 3.76. The van der Waals surface area contributed by atoms with Crippen molar-refractivity contribution in [2.24, 2.45) is 5.92 Å². The highest BCUT2D eigenvalue weighted by atomic mass is 16.5. The van der Waals surface area contributed by atoms with E-state index in [4.69, 9.17) is 16.3 Å². The molecule has 1 fully saturated rings. The fourth-order valence-corrected chi connectivity index (χ4v) is 2.51. The van der Waals surface area contributed by atoms with Gasteiger partial charge in [0, 0.05) is 11.6 Å².